The number of rotatable bonds is 5. The van der Waals surface area contributed by atoms with E-state index in [1.807, 2.05) is 18.9 Å². The molecule has 0 aromatic carbocycles. The zero-order chi connectivity index (χ0) is 14.5. The van der Waals surface area contributed by atoms with Gasteiger partial charge < -0.3 is 10.2 Å². The van der Waals surface area contributed by atoms with Gasteiger partial charge in [0, 0.05) is 31.4 Å². The Morgan fingerprint density at radius 3 is 2.95 bits per heavy atom. The van der Waals surface area contributed by atoms with Crippen molar-refractivity contribution in [3.05, 3.63) is 23.6 Å². The van der Waals surface area contributed by atoms with Crippen molar-refractivity contribution >= 4 is 5.82 Å². The van der Waals surface area contributed by atoms with Crippen LogP contribution < -0.4 is 10.2 Å². The molecule has 1 saturated carbocycles. The molecule has 1 aliphatic rings. The van der Waals surface area contributed by atoms with Gasteiger partial charge in [-0.3, -0.25) is 0 Å². The van der Waals surface area contributed by atoms with Gasteiger partial charge in [0.1, 0.15) is 0 Å². The SMILES string of the molecule is CCNCc1ccnc(N(C)C2CCCC(C)C2)c1F. The van der Waals surface area contributed by atoms with Gasteiger partial charge in [0.2, 0.25) is 0 Å². The third kappa shape index (κ3) is 3.48. The fraction of sp³-hybridized carbons (Fsp3) is 0.688. The minimum atomic E-state index is -0.172. The molecule has 2 unspecified atom stereocenters. The number of nitrogens with zero attached hydrogens (tertiary/aromatic N) is 2. The van der Waals surface area contributed by atoms with Crippen molar-refractivity contribution in [2.24, 2.45) is 5.92 Å². The van der Waals surface area contributed by atoms with Gasteiger partial charge in [-0.2, -0.15) is 0 Å². The average Bonchev–Trinajstić information content (AvgIpc) is 2.45. The highest BCUT2D eigenvalue weighted by Crippen LogP contribution is 2.30. The number of anilines is 1. The molecule has 112 valence electrons. The van der Waals surface area contributed by atoms with E-state index in [1.165, 1.54) is 12.8 Å². The molecule has 1 fully saturated rings. The lowest BCUT2D eigenvalue weighted by atomic mass is 9.86. The Morgan fingerprint density at radius 1 is 1.45 bits per heavy atom. The Bertz CT molecular complexity index is 436. The fourth-order valence-electron chi connectivity index (χ4n) is 3.04. The minimum Gasteiger partial charge on any atom is -0.354 e. The Balaban J connectivity index is 2.14. The average molecular weight is 279 g/mol. The number of nitrogens with one attached hydrogen (secondary N) is 1. The zero-order valence-corrected chi connectivity index (χ0v) is 12.8. The number of aromatic nitrogens is 1. The number of hydrogen-bond acceptors (Lipinski definition) is 3. The molecule has 1 aromatic rings. The molecule has 1 aromatic heterocycles. The van der Waals surface area contributed by atoms with Gasteiger partial charge in [0.05, 0.1) is 0 Å². The second-order valence-electron chi connectivity index (χ2n) is 5.92. The lowest BCUT2D eigenvalue weighted by molar-refractivity contribution is 0.334. The molecule has 0 saturated heterocycles. The molecule has 0 amide bonds. The monoisotopic (exact) mass is 279 g/mol. The van der Waals surface area contributed by atoms with Crippen molar-refractivity contribution < 1.29 is 4.39 Å². The Hall–Kier alpha value is -1.16. The normalized spacial score (nSPS) is 22.8. The van der Waals surface area contributed by atoms with E-state index in [4.69, 9.17) is 0 Å². The van der Waals surface area contributed by atoms with Crippen LogP contribution in [0.3, 0.4) is 0 Å². The van der Waals surface area contributed by atoms with Crippen molar-refractivity contribution in [1.82, 2.24) is 10.3 Å². The maximum atomic E-state index is 14.6. The molecule has 0 spiro atoms. The first-order valence-corrected chi connectivity index (χ1v) is 7.70. The number of hydrogen-bond donors (Lipinski definition) is 1. The lowest BCUT2D eigenvalue weighted by Gasteiger charge is -2.35. The van der Waals surface area contributed by atoms with Crippen molar-refractivity contribution in [3.8, 4) is 0 Å². The van der Waals surface area contributed by atoms with Gasteiger partial charge in [0.15, 0.2) is 11.6 Å². The summed E-state index contributed by atoms with van der Waals surface area (Å²) in [5.41, 5.74) is 0.701. The number of halogens is 1. The van der Waals surface area contributed by atoms with Crippen LogP contribution in [0, 0.1) is 11.7 Å². The molecule has 0 aliphatic heterocycles. The van der Waals surface area contributed by atoms with E-state index in [9.17, 15) is 4.39 Å². The molecule has 4 heteroatoms. The zero-order valence-electron chi connectivity index (χ0n) is 12.8. The van der Waals surface area contributed by atoms with Gasteiger partial charge in [-0.25, -0.2) is 9.37 Å². The fourth-order valence-corrected chi connectivity index (χ4v) is 3.04. The molecular formula is C16H26FN3. The van der Waals surface area contributed by atoms with E-state index < -0.39 is 0 Å². The first-order valence-electron chi connectivity index (χ1n) is 7.70. The third-order valence-electron chi connectivity index (χ3n) is 4.31. The maximum absolute atomic E-state index is 14.6. The van der Waals surface area contributed by atoms with Gasteiger partial charge in [0.25, 0.3) is 0 Å². The molecule has 2 atom stereocenters. The van der Waals surface area contributed by atoms with Crippen molar-refractivity contribution in [3.63, 3.8) is 0 Å². The molecule has 3 nitrogen and oxygen atoms in total. The van der Waals surface area contributed by atoms with Crippen LogP contribution in [-0.2, 0) is 6.54 Å². The summed E-state index contributed by atoms with van der Waals surface area (Å²) in [6, 6.07) is 2.17. The highest BCUT2D eigenvalue weighted by Gasteiger charge is 2.25. The van der Waals surface area contributed by atoms with Gasteiger partial charge >= 0.3 is 0 Å². The summed E-state index contributed by atoms with van der Waals surface area (Å²) in [6.45, 7) is 5.71. The summed E-state index contributed by atoms with van der Waals surface area (Å²) < 4.78 is 14.6. The Labute approximate surface area is 121 Å². The minimum absolute atomic E-state index is 0.172. The predicted octanol–water partition coefficient (Wildman–Crippen LogP) is 3.35. The largest absolute Gasteiger partial charge is 0.354 e. The van der Waals surface area contributed by atoms with Crippen LogP contribution in [-0.4, -0.2) is 24.6 Å². The topological polar surface area (TPSA) is 28.2 Å². The first-order chi connectivity index (χ1) is 9.63. The first kappa shape index (κ1) is 15.2. The molecule has 20 heavy (non-hydrogen) atoms. The standard InChI is InChI=1S/C16H26FN3/c1-4-18-11-13-8-9-19-16(15(13)17)20(3)14-7-5-6-12(2)10-14/h8-9,12,14,18H,4-7,10-11H2,1-3H3. The summed E-state index contributed by atoms with van der Waals surface area (Å²) in [7, 11) is 1.98. The van der Waals surface area contributed by atoms with Crippen LogP contribution in [0.25, 0.3) is 0 Å². The third-order valence-corrected chi connectivity index (χ3v) is 4.31. The molecule has 0 radical (unpaired) electrons. The van der Waals surface area contributed by atoms with Crippen LogP contribution in [0.2, 0.25) is 0 Å². The van der Waals surface area contributed by atoms with E-state index in [2.05, 4.69) is 17.2 Å². The number of pyridine rings is 1. The van der Waals surface area contributed by atoms with Gasteiger partial charge in [-0.15, -0.1) is 0 Å². The molecule has 0 bridgehead atoms. The van der Waals surface area contributed by atoms with E-state index in [0.717, 1.165) is 25.3 Å². The van der Waals surface area contributed by atoms with Crippen molar-refractivity contribution in [1.29, 1.82) is 0 Å². The quantitative estimate of drug-likeness (QED) is 0.896. The summed E-state index contributed by atoms with van der Waals surface area (Å²) >= 11 is 0. The molecule has 1 heterocycles. The van der Waals surface area contributed by atoms with E-state index in [1.54, 1.807) is 12.3 Å². The van der Waals surface area contributed by atoms with E-state index >= 15 is 0 Å². The lowest BCUT2D eigenvalue weighted by Crippen LogP contribution is -2.36. The Kier molecular flexibility index (Phi) is 5.35. The van der Waals surface area contributed by atoms with Crippen LogP contribution in [0.5, 0.6) is 0 Å². The van der Waals surface area contributed by atoms with Crippen molar-refractivity contribution in [2.75, 3.05) is 18.5 Å². The molecule has 1 N–H and O–H groups in total. The van der Waals surface area contributed by atoms with Crippen molar-refractivity contribution in [2.45, 2.75) is 52.1 Å². The molecule has 1 aliphatic carbocycles. The van der Waals surface area contributed by atoms with E-state index in [-0.39, 0.29) is 5.82 Å². The predicted molar refractivity (Wildman–Crippen MR) is 81.4 cm³/mol. The maximum Gasteiger partial charge on any atom is 0.170 e. The molecular weight excluding hydrogens is 253 g/mol. The van der Waals surface area contributed by atoms with Crippen LogP contribution in [0.1, 0.15) is 45.1 Å². The molecule has 2 rings (SSSR count). The summed E-state index contributed by atoms with van der Waals surface area (Å²) in [5.74, 6) is 1.05. The smallest absolute Gasteiger partial charge is 0.170 e. The summed E-state index contributed by atoms with van der Waals surface area (Å²) in [6.07, 6.45) is 6.51. The highest BCUT2D eigenvalue weighted by atomic mass is 19.1. The highest BCUT2D eigenvalue weighted by molar-refractivity contribution is 5.43. The summed E-state index contributed by atoms with van der Waals surface area (Å²) in [5, 5.41) is 3.17. The van der Waals surface area contributed by atoms with E-state index in [0.29, 0.717) is 24.0 Å². The van der Waals surface area contributed by atoms with Gasteiger partial charge in [-0.1, -0.05) is 26.7 Å². The summed E-state index contributed by atoms with van der Waals surface area (Å²) in [4.78, 5) is 6.31. The van der Waals surface area contributed by atoms with Crippen LogP contribution >= 0.6 is 0 Å². The van der Waals surface area contributed by atoms with Crippen LogP contribution in [0.15, 0.2) is 12.3 Å². The second-order valence-corrected chi connectivity index (χ2v) is 5.92. The second kappa shape index (κ2) is 7.02. The Morgan fingerprint density at radius 2 is 2.25 bits per heavy atom. The van der Waals surface area contributed by atoms with Crippen LogP contribution in [0.4, 0.5) is 10.2 Å². The van der Waals surface area contributed by atoms with Gasteiger partial charge in [-0.05, 0) is 31.4 Å².